The van der Waals surface area contributed by atoms with E-state index in [-0.39, 0.29) is 0 Å². The average molecular weight is 333 g/mol. The second-order valence-corrected chi connectivity index (χ2v) is 7.26. The smallest absolute Gasteiger partial charge is 0.0660 e. The van der Waals surface area contributed by atoms with Gasteiger partial charge >= 0.3 is 0 Å². The van der Waals surface area contributed by atoms with Gasteiger partial charge in [-0.3, -0.25) is 4.90 Å². The summed E-state index contributed by atoms with van der Waals surface area (Å²) in [5.41, 5.74) is 2.84. The van der Waals surface area contributed by atoms with E-state index in [1.807, 2.05) is 7.11 Å². The lowest BCUT2D eigenvalue weighted by Gasteiger charge is -2.34. The molecule has 25 heavy (non-hydrogen) atoms. The zero-order chi connectivity index (χ0) is 17.1. The number of hydrogen-bond donors (Lipinski definition) is 0. The molecule has 4 atom stereocenters. The van der Waals surface area contributed by atoms with Gasteiger partial charge in [0.2, 0.25) is 0 Å². The molecule has 0 spiro atoms. The maximum absolute atomic E-state index is 5.63. The van der Waals surface area contributed by atoms with Gasteiger partial charge in [-0.15, -0.1) is 0 Å². The lowest BCUT2D eigenvalue weighted by Crippen LogP contribution is -2.37. The third-order valence-corrected chi connectivity index (χ3v) is 5.88. The first-order chi connectivity index (χ1) is 12.4. The second kappa shape index (κ2) is 7.55. The Morgan fingerprint density at radius 3 is 2.48 bits per heavy atom. The minimum absolute atomic E-state index is 0.315. The van der Waals surface area contributed by atoms with Crippen LogP contribution in [0.4, 0.5) is 0 Å². The molecule has 0 unspecified atom stereocenters. The Morgan fingerprint density at radius 1 is 1.04 bits per heavy atom. The number of hydrogen-bond acceptors (Lipinski definition) is 2. The van der Waals surface area contributed by atoms with Crippen LogP contribution in [0.15, 0.2) is 72.8 Å². The summed E-state index contributed by atoms with van der Waals surface area (Å²) in [5.74, 6) is 1.31. The lowest BCUT2D eigenvalue weighted by molar-refractivity contribution is 0.0853. The quantitative estimate of drug-likeness (QED) is 0.728. The number of methoxy groups -OCH3 is 1. The Bertz CT molecular complexity index is 697. The first-order valence-electron chi connectivity index (χ1n) is 9.39. The van der Waals surface area contributed by atoms with Crippen molar-refractivity contribution >= 4 is 0 Å². The van der Waals surface area contributed by atoms with Crippen LogP contribution in [0.5, 0.6) is 0 Å². The van der Waals surface area contributed by atoms with Gasteiger partial charge in [0.25, 0.3) is 0 Å². The minimum Gasteiger partial charge on any atom is -0.383 e. The summed E-state index contributed by atoms with van der Waals surface area (Å²) >= 11 is 0. The second-order valence-electron chi connectivity index (χ2n) is 7.26. The number of likely N-dealkylation sites (tertiary alicyclic amines) is 1. The maximum atomic E-state index is 5.63. The maximum Gasteiger partial charge on any atom is 0.0660 e. The highest BCUT2D eigenvalue weighted by atomic mass is 16.5. The fraction of sp³-hybridized carbons (Fsp3) is 0.391. The van der Waals surface area contributed by atoms with Crippen molar-refractivity contribution in [2.75, 3.05) is 20.3 Å². The Labute approximate surface area is 151 Å². The third-order valence-electron chi connectivity index (χ3n) is 5.88. The SMILES string of the molecule is COC[C@@H](c1ccccc1)N1C[C@H](c2ccccc2)[C@@H]2CCC=C[C@H]21. The van der Waals surface area contributed by atoms with Crippen molar-refractivity contribution < 1.29 is 4.74 Å². The Morgan fingerprint density at radius 2 is 1.76 bits per heavy atom. The highest BCUT2D eigenvalue weighted by Gasteiger charge is 2.44. The van der Waals surface area contributed by atoms with E-state index in [0.717, 1.165) is 13.2 Å². The molecule has 0 N–H and O–H groups in total. The molecular weight excluding hydrogens is 306 g/mol. The predicted octanol–water partition coefficient (Wildman–Crippen LogP) is 4.81. The van der Waals surface area contributed by atoms with Crippen LogP contribution < -0.4 is 0 Å². The molecule has 0 saturated carbocycles. The molecule has 1 aliphatic carbocycles. The van der Waals surface area contributed by atoms with E-state index in [2.05, 4.69) is 77.7 Å². The number of ether oxygens (including phenoxy) is 1. The van der Waals surface area contributed by atoms with Crippen LogP contribution in [0.2, 0.25) is 0 Å². The molecule has 0 amide bonds. The van der Waals surface area contributed by atoms with E-state index >= 15 is 0 Å². The van der Waals surface area contributed by atoms with E-state index in [9.17, 15) is 0 Å². The molecule has 2 aromatic carbocycles. The van der Waals surface area contributed by atoms with Crippen molar-refractivity contribution in [3.05, 3.63) is 83.9 Å². The van der Waals surface area contributed by atoms with Gasteiger partial charge in [0.15, 0.2) is 0 Å². The van der Waals surface area contributed by atoms with Gasteiger partial charge in [0.1, 0.15) is 0 Å². The molecule has 1 saturated heterocycles. The molecule has 1 fully saturated rings. The molecule has 0 bridgehead atoms. The third kappa shape index (κ3) is 3.29. The van der Waals surface area contributed by atoms with Crippen LogP contribution in [0.1, 0.15) is 35.9 Å². The lowest BCUT2D eigenvalue weighted by atomic mass is 9.80. The molecule has 1 heterocycles. The largest absolute Gasteiger partial charge is 0.383 e. The zero-order valence-corrected chi connectivity index (χ0v) is 14.9. The summed E-state index contributed by atoms with van der Waals surface area (Å²) in [6.07, 6.45) is 7.31. The number of nitrogens with zero attached hydrogens (tertiary/aromatic N) is 1. The minimum atomic E-state index is 0.315. The van der Waals surface area contributed by atoms with Crippen molar-refractivity contribution in [3.63, 3.8) is 0 Å². The number of fused-ring (bicyclic) bond motifs is 1. The Balaban J connectivity index is 1.68. The molecule has 130 valence electrons. The molecule has 1 aliphatic heterocycles. The van der Waals surface area contributed by atoms with E-state index in [4.69, 9.17) is 4.74 Å². The topological polar surface area (TPSA) is 12.5 Å². The van der Waals surface area contributed by atoms with Crippen molar-refractivity contribution in [3.8, 4) is 0 Å². The van der Waals surface area contributed by atoms with E-state index in [1.54, 1.807) is 0 Å². The molecular formula is C23H27NO. The van der Waals surface area contributed by atoms with Crippen molar-refractivity contribution in [1.29, 1.82) is 0 Å². The van der Waals surface area contributed by atoms with Gasteiger partial charge in [0, 0.05) is 25.6 Å². The number of rotatable bonds is 5. The first kappa shape index (κ1) is 16.6. The fourth-order valence-corrected chi connectivity index (χ4v) is 4.72. The molecule has 2 heteroatoms. The molecule has 2 aromatic rings. The van der Waals surface area contributed by atoms with Crippen LogP contribution >= 0.6 is 0 Å². The molecule has 0 radical (unpaired) electrons. The van der Waals surface area contributed by atoms with Gasteiger partial charge in [-0.1, -0.05) is 72.8 Å². The van der Waals surface area contributed by atoms with Gasteiger partial charge in [-0.25, -0.2) is 0 Å². The van der Waals surface area contributed by atoms with Gasteiger partial charge in [0.05, 0.1) is 12.6 Å². The van der Waals surface area contributed by atoms with Crippen LogP contribution in [-0.4, -0.2) is 31.2 Å². The molecule has 2 aliphatic rings. The molecule has 2 nitrogen and oxygen atoms in total. The highest BCUT2D eigenvalue weighted by Crippen LogP contribution is 2.45. The van der Waals surface area contributed by atoms with Crippen LogP contribution in [0.25, 0.3) is 0 Å². The monoisotopic (exact) mass is 333 g/mol. The first-order valence-corrected chi connectivity index (χ1v) is 9.39. The van der Waals surface area contributed by atoms with Gasteiger partial charge in [-0.2, -0.15) is 0 Å². The summed E-state index contributed by atoms with van der Waals surface area (Å²) in [6.45, 7) is 1.84. The van der Waals surface area contributed by atoms with Crippen LogP contribution in [0.3, 0.4) is 0 Å². The summed E-state index contributed by atoms with van der Waals surface area (Å²) < 4.78 is 5.63. The van der Waals surface area contributed by atoms with Crippen molar-refractivity contribution in [2.45, 2.75) is 30.8 Å². The standard InChI is InChI=1S/C23H27NO/c1-25-17-23(19-12-6-3-7-13-19)24-16-21(18-10-4-2-5-11-18)20-14-8-9-15-22(20)24/h2-7,9-13,15,20-23H,8,14,16-17H2,1H3/t20-,21+,22+,23-/m0/s1. The normalized spacial score (nSPS) is 27.2. The molecule has 4 rings (SSSR count). The van der Waals surface area contributed by atoms with Gasteiger partial charge < -0.3 is 4.74 Å². The fourth-order valence-electron chi connectivity index (χ4n) is 4.72. The molecule has 0 aromatic heterocycles. The average Bonchev–Trinajstić information content (AvgIpc) is 3.07. The van der Waals surface area contributed by atoms with Gasteiger partial charge in [-0.05, 0) is 29.9 Å². The Kier molecular flexibility index (Phi) is 5.00. The van der Waals surface area contributed by atoms with Crippen LogP contribution in [0, 0.1) is 5.92 Å². The predicted molar refractivity (Wildman–Crippen MR) is 103 cm³/mol. The summed E-state index contributed by atoms with van der Waals surface area (Å²) in [6, 6.07) is 22.7. The van der Waals surface area contributed by atoms with Crippen molar-refractivity contribution in [1.82, 2.24) is 4.90 Å². The Hall–Kier alpha value is -1.90. The van der Waals surface area contributed by atoms with Crippen LogP contribution in [-0.2, 0) is 4.74 Å². The zero-order valence-electron chi connectivity index (χ0n) is 14.9. The van der Waals surface area contributed by atoms with E-state index in [0.29, 0.717) is 23.9 Å². The summed E-state index contributed by atoms with van der Waals surface area (Å²) in [7, 11) is 1.81. The number of benzene rings is 2. The highest BCUT2D eigenvalue weighted by molar-refractivity contribution is 5.28. The van der Waals surface area contributed by atoms with E-state index < -0.39 is 0 Å². The summed E-state index contributed by atoms with van der Waals surface area (Å²) in [4.78, 5) is 2.68. The number of allylic oxidation sites excluding steroid dienone is 1. The van der Waals surface area contributed by atoms with Crippen molar-refractivity contribution in [2.24, 2.45) is 5.92 Å². The van der Waals surface area contributed by atoms with E-state index in [1.165, 1.54) is 24.0 Å². The summed E-state index contributed by atoms with van der Waals surface area (Å²) in [5, 5.41) is 0.